The number of carboxylic acids is 1. The Bertz CT molecular complexity index is 437. The number of hydrogen-bond donors (Lipinski definition) is 2. The number of anilines is 1. The maximum Gasteiger partial charge on any atom is 0.310 e. The van der Waals surface area contributed by atoms with Gasteiger partial charge in [-0.25, -0.2) is 0 Å². The zero-order chi connectivity index (χ0) is 12.2. The fourth-order valence-electron chi connectivity index (χ4n) is 0.933. The Kier molecular flexibility index (Phi) is 3.40. The number of rotatable bonds is 4. The molecule has 1 aromatic heterocycles. The number of aromatic nitrogens is 2. The van der Waals surface area contributed by atoms with Gasteiger partial charge in [0.1, 0.15) is 6.07 Å². The standard InChI is InChI=1S/C10H12N4O2/c1-10(2,9(15)16)6-12-8-7(5-11)3-4-13-14-8/h3-4H,6H2,1-2H3,(H,12,14)(H,15,16). The van der Waals surface area contributed by atoms with Crippen molar-refractivity contribution in [3.8, 4) is 6.07 Å². The molecule has 1 heterocycles. The predicted molar refractivity (Wildman–Crippen MR) is 56.7 cm³/mol. The Morgan fingerprint density at radius 2 is 2.38 bits per heavy atom. The van der Waals surface area contributed by atoms with Crippen molar-refractivity contribution in [2.24, 2.45) is 5.41 Å². The molecule has 84 valence electrons. The van der Waals surface area contributed by atoms with Gasteiger partial charge >= 0.3 is 5.97 Å². The molecule has 1 aromatic rings. The van der Waals surface area contributed by atoms with Crippen molar-refractivity contribution in [1.82, 2.24) is 10.2 Å². The largest absolute Gasteiger partial charge is 0.481 e. The van der Waals surface area contributed by atoms with Crippen LogP contribution in [0.15, 0.2) is 12.3 Å². The number of carbonyl (C=O) groups is 1. The van der Waals surface area contributed by atoms with Crippen molar-refractivity contribution in [2.75, 3.05) is 11.9 Å². The lowest BCUT2D eigenvalue weighted by Crippen LogP contribution is -2.32. The molecule has 6 heteroatoms. The first-order valence-corrected chi connectivity index (χ1v) is 4.66. The van der Waals surface area contributed by atoms with Crippen LogP contribution in [0.5, 0.6) is 0 Å². The quantitative estimate of drug-likeness (QED) is 0.781. The van der Waals surface area contributed by atoms with E-state index < -0.39 is 11.4 Å². The topological polar surface area (TPSA) is 98.9 Å². The first-order valence-electron chi connectivity index (χ1n) is 4.66. The fourth-order valence-corrected chi connectivity index (χ4v) is 0.933. The third-order valence-corrected chi connectivity index (χ3v) is 2.12. The average Bonchev–Trinajstić information content (AvgIpc) is 2.26. The molecular weight excluding hydrogens is 208 g/mol. The second-order valence-electron chi connectivity index (χ2n) is 3.95. The van der Waals surface area contributed by atoms with E-state index in [0.717, 1.165) is 0 Å². The maximum absolute atomic E-state index is 10.9. The third kappa shape index (κ3) is 2.67. The van der Waals surface area contributed by atoms with Gasteiger partial charge in [0.25, 0.3) is 0 Å². The van der Waals surface area contributed by atoms with Gasteiger partial charge in [0.05, 0.1) is 17.2 Å². The van der Waals surface area contributed by atoms with Gasteiger partial charge in [0, 0.05) is 6.54 Å². The third-order valence-electron chi connectivity index (χ3n) is 2.12. The zero-order valence-electron chi connectivity index (χ0n) is 9.06. The van der Waals surface area contributed by atoms with E-state index in [1.807, 2.05) is 6.07 Å². The Balaban J connectivity index is 2.76. The molecule has 2 N–H and O–H groups in total. The number of aliphatic carboxylic acids is 1. The molecule has 0 aliphatic carbocycles. The van der Waals surface area contributed by atoms with E-state index in [0.29, 0.717) is 11.4 Å². The van der Waals surface area contributed by atoms with E-state index in [2.05, 4.69) is 15.5 Å². The van der Waals surface area contributed by atoms with Gasteiger partial charge in [-0.1, -0.05) is 0 Å². The number of nitriles is 1. The van der Waals surface area contributed by atoms with Crippen LogP contribution in [-0.4, -0.2) is 27.8 Å². The van der Waals surface area contributed by atoms with Gasteiger partial charge in [-0.3, -0.25) is 4.79 Å². The van der Waals surface area contributed by atoms with Crippen LogP contribution in [0, 0.1) is 16.7 Å². The monoisotopic (exact) mass is 220 g/mol. The molecule has 0 spiro atoms. The van der Waals surface area contributed by atoms with Crippen LogP contribution < -0.4 is 5.32 Å². The highest BCUT2D eigenvalue weighted by molar-refractivity contribution is 5.74. The van der Waals surface area contributed by atoms with Gasteiger partial charge in [-0.2, -0.15) is 10.4 Å². The van der Waals surface area contributed by atoms with Gasteiger partial charge < -0.3 is 10.4 Å². The number of nitrogens with zero attached hydrogens (tertiary/aromatic N) is 3. The summed E-state index contributed by atoms with van der Waals surface area (Å²) in [5.41, 5.74) is -0.583. The van der Waals surface area contributed by atoms with Gasteiger partial charge in [-0.05, 0) is 19.9 Å². The summed E-state index contributed by atoms with van der Waals surface area (Å²) in [5, 5.41) is 27.9. The Morgan fingerprint density at radius 3 is 2.94 bits per heavy atom. The first-order chi connectivity index (χ1) is 7.47. The fraction of sp³-hybridized carbons (Fsp3) is 0.400. The van der Waals surface area contributed by atoms with Crippen molar-refractivity contribution in [1.29, 1.82) is 5.26 Å². The molecule has 1 rings (SSSR count). The van der Waals surface area contributed by atoms with Crippen molar-refractivity contribution in [2.45, 2.75) is 13.8 Å². The molecule has 0 amide bonds. The molecule has 0 fully saturated rings. The molecule has 16 heavy (non-hydrogen) atoms. The zero-order valence-corrected chi connectivity index (χ0v) is 9.06. The lowest BCUT2D eigenvalue weighted by atomic mass is 9.94. The van der Waals surface area contributed by atoms with E-state index >= 15 is 0 Å². The molecule has 0 saturated heterocycles. The van der Waals surface area contributed by atoms with E-state index in [9.17, 15) is 4.79 Å². The molecule has 0 unspecified atom stereocenters. The van der Waals surface area contributed by atoms with Gasteiger partial charge in [0.15, 0.2) is 5.82 Å². The summed E-state index contributed by atoms with van der Waals surface area (Å²) >= 11 is 0. The average molecular weight is 220 g/mol. The molecular formula is C10H12N4O2. The number of hydrogen-bond acceptors (Lipinski definition) is 5. The predicted octanol–water partition coefficient (Wildman–Crippen LogP) is 0.871. The smallest absolute Gasteiger partial charge is 0.310 e. The Labute approximate surface area is 92.9 Å². The van der Waals surface area contributed by atoms with Crippen LogP contribution in [0.3, 0.4) is 0 Å². The molecule has 0 bridgehead atoms. The van der Waals surface area contributed by atoms with Crippen LogP contribution in [0.1, 0.15) is 19.4 Å². The number of carboxylic acid groups (broad SMARTS) is 1. The van der Waals surface area contributed by atoms with Crippen molar-refractivity contribution < 1.29 is 9.90 Å². The van der Waals surface area contributed by atoms with Crippen LogP contribution in [0.4, 0.5) is 5.82 Å². The highest BCUT2D eigenvalue weighted by atomic mass is 16.4. The maximum atomic E-state index is 10.9. The minimum absolute atomic E-state index is 0.176. The summed E-state index contributed by atoms with van der Waals surface area (Å²) in [6.45, 7) is 3.35. The van der Waals surface area contributed by atoms with Crippen molar-refractivity contribution in [3.05, 3.63) is 17.8 Å². The van der Waals surface area contributed by atoms with Crippen LogP contribution >= 0.6 is 0 Å². The van der Waals surface area contributed by atoms with E-state index in [1.165, 1.54) is 12.3 Å². The summed E-state index contributed by atoms with van der Waals surface area (Å²) in [7, 11) is 0. The SMILES string of the molecule is CC(C)(CNc1nnccc1C#N)C(=O)O. The van der Waals surface area contributed by atoms with Crippen LogP contribution in [0.25, 0.3) is 0 Å². The summed E-state index contributed by atoms with van der Waals surface area (Å²) in [6.07, 6.45) is 1.41. The summed E-state index contributed by atoms with van der Waals surface area (Å²) in [6, 6.07) is 3.47. The molecule has 0 atom stereocenters. The normalized spacial score (nSPS) is 10.6. The summed E-state index contributed by atoms with van der Waals surface area (Å²) in [5.74, 6) is -0.610. The lowest BCUT2D eigenvalue weighted by molar-refractivity contribution is -0.146. The van der Waals surface area contributed by atoms with E-state index in [4.69, 9.17) is 10.4 Å². The highest BCUT2D eigenvalue weighted by Gasteiger charge is 2.27. The molecule has 0 radical (unpaired) electrons. The lowest BCUT2D eigenvalue weighted by Gasteiger charge is -2.19. The Hall–Kier alpha value is -2.16. The minimum Gasteiger partial charge on any atom is -0.481 e. The second-order valence-corrected chi connectivity index (χ2v) is 3.95. The molecule has 0 aromatic carbocycles. The summed E-state index contributed by atoms with van der Waals surface area (Å²) in [4.78, 5) is 10.9. The second kappa shape index (κ2) is 4.57. The first kappa shape index (κ1) is 11.9. The van der Waals surface area contributed by atoms with Gasteiger partial charge in [0.2, 0.25) is 0 Å². The highest BCUT2D eigenvalue weighted by Crippen LogP contribution is 2.17. The van der Waals surface area contributed by atoms with Gasteiger partial charge in [-0.15, -0.1) is 5.10 Å². The summed E-state index contributed by atoms with van der Waals surface area (Å²) < 4.78 is 0. The van der Waals surface area contributed by atoms with E-state index in [1.54, 1.807) is 13.8 Å². The van der Waals surface area contributed by atoms with E-state index in [-0.39, 0.29) is 6.54 Å². The van der Waals surface area contributed by atoms with Crippen molar-refractivity contribution in [3.63, 3.8) is 0 Å². The minimum atomic E-state index is -0.926. The molecule has 0 aliphatic rings. The van der Waals surface area contributed by atoms with Crippen LogP contribution in [0.2, 0.25) is 0 Å². The molecule has 0 aliphatic heterocycles. The Morgan fingerprint density at radius 1 is 1.69 bits per heavy atom. The van der Waals surface area contributed by atoms with Crippen LogP contribution in [-0.2, 0) is 4.79 Å². The molecule has 6 nitrogen and oxygen atoms in total. The van der Waals surface area contributed by atoms with Crippen molar-refractivity contribution >= 4 is 11.8 Å². The molecule has 0 saturated carbocycles. The number of nitrogens with one attached hydrogen (secondary N) is 1.